The van der Waals surface area contributed by atoms with Crippen molar-refractivity contribution in [1.82, 2.24) is 0 Å². The molecule has 1 heterocycles. The molecule has 17 heavy (non-hydrogen) atoms. The molecule has 0 bridgehead atoms. The predicted molar refractivity (Wildman–Crippen MR) is 69.3 cm³/mol. The number of aryl methyl sites for hydroxylation is 2. The Morgan fingerprint density at radius 2 is 2.06 bits per heavy atom. The van der Waals surface area contributed by atoms with E-state index in [4.69, 9.17) is 11.6 Å². The number of aliphatic hydroxyl groups is 1. The first-order chi connectivity index (χ1) is 8.00. The van der Waals surface area contributed by atoms with Crippen LogP contribution in [0.3, 0.4) is 0 Å². The van der Waals surface area contributed by atoms with Gasteiger partial charge in [0.05, 0.1) is 5.02 Å². The zero-order chi connectivity index (χ0) is 12.6. The van der Waals surface area contributed by atoms with Crippen LogP contribution in [0.1, 0.15) is 27.0 Å². The number of benzene rings is 1. The van der Waals surface area contributed by atoms with Crippen LogP contribution >= 0.6 is 22.9 Å². The van der Waals surface area contributed by atoms with Gasteiger partial charge in [-0.05, 0) is 31.5 Å². The van der Waals surface area contributed by atoms with Crippen LogP contribution in [0.5, 0.6) is 0 Å². The number of halogens is 2. The predicted octanol–water partition coefficient (Wildman–Crippen LogP) is 4.24. The van der Waals surface area contributed by atoms with Crippen LogP contribution in [-0.2, 0) is 0 Å². The Balaban J connectivity index is 2.47. The second-order valence-electron chi connectivity index (χ2n) is 3.95. The first-order valence-electron chi connectivity index (χ1n) is 5.19. The van der Waals surface area contributed by atoms with Crippen molar-refractivity contribution in [1.29, 1.82) is 0 Å². The van der Waals surface area contributed by atoms with E-state index in [0.29, 0.717) is 5.56 Å². The molecule has 0 aliphatic carbocycles. The third-order valence-corrected chi connectivity index (χ3v) is 4.21. The van der Waals surface area contributed by atoms with Crippen LogP contribution in [-0.4, -0.2) is 5.11 Å². The lowest BCUT2D eigenvalue weighted by Gasteiger charge is -2.12. The van der Waals surface area contributed by atoms with Gasteiger partial charge < -0.3 is 5.11 Å². The maximum absolute atomic E-state index is 13.3. The molecule has 1 unspecified atom stereocenters. The largest absolute Gasteiger partial charge is 0.383 e. The van der Waals surface area contributed by atoms with E-state index in [1.807, 2.05) is 19.9 Å². The van der Waals surface area contributed by atoms with Gasteiger partial charge in [-0.15, -0.1) is 11.3 Å². The molecule has 1 aromatic heterocycles. The highest BCUT2D eigenvalue weighted by molar-refractivity contribution is 7.12. The van der Waals surface area contributed by atoms with Crippen LogP contribution < -0.4 is 0 Å². The van der Waals surface area contributed by atoms with E-state index in [9.17, 15) is 9.50 Å². The minimum absolute atomic E-state index is 0.00884. The summed E-state index contributed by atoms with van der Waals surface area (Å²) in [6.45, 7) is 3.90. The number of aliphatic hydroxyl groups excluding tert-OH is 1. The number of hydrogen-bond acceptors (Lipinski definition) is 2. The van der Waals surface area contributed by atoms with Gasteiger partial charge in [0.2, 0.25) is 0 Å². The molecule has 1 atom stereocenters. The van der Waals surface area contributed by atoms with Gasteiger partial charge >= 0.3 is 0 Å². The molecule has 0 saturated carbocycles. The lowest BCUT2D eigenvalue weighted by atomic mass is 10.1. The Morgan fingerprint density at radius 3 is 2.65 bits per heavy atom. The molecule has 0 aliphatic heterocycles. The van der Waals surface area contributed by atoms with Crippen molar-refractivity contribution in [3.63, 3.8) is 0 Å². The monoisotopic (exact) mass is 270 g/mol. The number of rotatable bonds is 2. The van der Waals surface area contributed by atoms with Crippen LogP contribution in [0, 0.1) is 19.7 Å². The molecule has 2 aromatic rings. The molecular weight excluding hydrogens is 259 g/mol. The fraction of sp³-hybridized carbons (Fsp3) is 0.231. The molecule has 0 aliphatic rings. The zero-order valence-electron chi connectivity index (χ0n) is 9.50. The van der Waals surface area contributed by atoms with E-state index in [1.54, 1.807) is 12.1 Å². The second-order valence-corrected chi connectivity index (χ2v) is 5.62. The van der Waals surface area contributed by atoms with E-state index in [1.165, 1.54) is 17.4 Å². The fourth-order valence-electron chi connectivity index (χ4n) is 1.80. The van der Waals surface area contributed by atoms with Crippen molar-refractivity contribution in [2.24, 2.45) is 0 Å². The van der Waals surface area contributed by atoms with Crippen molar-refractivity contribution in [3.8, 4) is 0 Å². The molecule has 90 valence electrons. The van der Waals surface area contributed by atoms with Crippen molar-refractivity contribution >= 4 is 22.9 Å². The maximum atomic E-state index is 13.3. The van der Waals surface area contributed by atoms with Gasteiger partial charge in [-0.25, -0.2) is 4.39 Å². The minimum atomic E-state index is -0.864. The summed E-state index contributed by atoms with van der Waals surface area (Å²) in [6.07, 6.45) is -0.864. The lowest BCUT2D eigenvalue weighted by molar-refractivity contribution is 0.223. The van der Waals surface area contributed by atoms with Crippen LogP contribution in [0.25, 0.3) is 0 Å². The van der Waals surface area contributed by atoms with Crippen molar-refractivity contribution < 1.29 is 9.50 Å². The standard InChI is InChI=1S/C13H12ClFOS/c1-7-6-8(2)17-13(7)12(16)9-4-3-5-10(15)11(9)14/h3-6,12,16H,1-2H3. The first-order valence-corrected chi connectivity index (χ1v) is 6.39. The van der Waals surface area contributed by atoms with Crippen molar-refractivity contribution in [2.75, 3.05) is 0 Å². The van der Waals surface area contributed by atoms with Gasteiger partial charge in [-0.2, -0.15) is 0 Å². The van der Waals surface area contributed by atoms with E-state index < -0.39 is 11.9 Å². The Bertz CT molecular complexity index is 550. The zero-order valence-corrected chi connectivity index (χ0v) is 11.1. The highest BCUT2D eigenvalue weighted by Gasteiger charge is 2.19. The van der Waals surface area contributed by atoms with E-state index in [-0.39, 0.29) is 5.02 Å². The SMILES string of the molecule is Cc1cc(C)c(C(O)c2cccc(F)c2Cl)s1. The summed E-state index contributed by atoms with van der Waals surface area (Å²) in [5, 5.41) is 10.2. The summed E-state index contributed by atoms with van der Waals surface area (Å²) in [5.74, 6) is -0.505. The molecule has 1 N–H and O–H groups in total. The number of hydrogen-bond donors (Lipinski definition) is 1. The summed E-state index contributed by atoms with van der Waals surface area (Å²) in [5.41, 5.74) is 1.41. The molecule has 0 spiro atoms. The average molecular weight is 271 g/mol. The number of thiophene rings is 1. The Labute approximate surface area is 108 Å². The molecule has 4 heteroatoms. The molecule has 1 aromatic carbocycles. The second kappa shape index (κ2) is 4.77. The van der Waals surface area contributed by atoms with E-state index in [0.717, 1.165) is 15.3 Å². The molecule has 1 nitrogen and oxygen atoms in total. The van der Waals surface area contributed by atoms with Gasteiger partial charge in [0.15, 0.2) is 0 Å². The summed E-state index contributed by atoms with van der Waals surface area (Å²) >= 11 is 7.37. The summed E-state index contributed by atoms with van der Waals surface area (Å²) in [7, 11) is 0. The van der Waals surface area contributed by atoms with Crippen LogP contribution in [0.2, 0.25) is 5.02 Å². The van der Waals surface area contributed by atoms with Crippen molar-refractivity contribution in [2.45, 2.75) is 20.0 Å². The Kier molecular flexibility index (Phi) is 3.52. The quantitative estimate of drug-likeness (QED) is 0.865. The molecule has 0 amide bonds. The van der Waals surface area contributed by atoms with Gasteiger partial charge in [0.1, 0.15) is 11.9 Å². The van der Waals surface area contributed by atoms with E-state index >= 15 is 0 Å². The van der Waals surface area contributed by atoms with Gasteiger partial charge in [-0.3, -0.25) is 0 Å². The highest BCUT2D eigenvalue weighted by Crippen LogP contribution is 2.35. The minimum Gasteiger partial charge on any atom is -0.383 e. The Hall–Kier alpha value is -0.900. The van der Waals surface area contributed by atoms with Crippen LogP contribution in [0.15, 0.2) is 24.3 Å². The average Bonchev–Trinajstić information content (AvgIpc) is 2.61. The van der Waals surface area contributed by atoms with Gasteiger partial charge in [-0.1, -0.05) is 23.7 Å². The summed E-state index contributed by atoms with van der Waals surface area (Å²) < 4.78 is 13.3. The molecule has 0 fully saturated rings. The normalized spacial score (nSPS) is 12.8. The van der Waals surface area contributed by atoms with Gasteiger partial charge in [0, 0.05) is 15.3 Å². The summed E-state index contributed by atoms with van der Waals surface area (Å²) in [4.78, 5) is 1.93. The third-order valence-electron chi connectivity index (χ3n) is 2.60. The fourth-order valence-corrected chi connectivity index (χ4v) is 3.07. The molecule has 0 saturated heterocycles. The maximum Gasteiger partial charge on any atom is 0.142 e. The molecule has 2 rings (SSSR count). The topological polar surface area (TPSA) is 20.2 Å². The first kappa shape index (κ1) is 12.6. The third kappa shape index (κ3) is 2.37. The Morgan fingerprint density at radius 1 is 1.35 bits per heavy atom. The van der Waals surface area contributed by atoms with Crippen LogP contribution in [0.4, 0.5) is 4.39 Å². The molecule has 0 radical (unpaired) electrons. The summed E-state index contributed by atoms with van der Waals surface area (Å²) in [6, 6.07) is 6.47. The molecular formula is C13H12ClFOS. The lowest BCUT2D eigenvalue weighted by Crippen LogP contribution is -2.00. The van der Waals surface area contributed by atoms with E-state index in [2.05, 4.69) is 0 Å². The smallest absolute Gasteiger partial charge is 0.142 e. The highest BCUT2D eigenvalue weighted by atomic mass is 35.5. The van der Waals surface area contributed by atoms with Crippen molar-refractivity contribution in [3.05, 3.63) is 56.0 Å². The van der Waals surface area contributed by atoms with Gasteiger partial charge in [0.25, 0.3) is 0 Å².